The van der Waals surface area contributed by atoms with Crippen molar-refractivity contribution in [2.45, 2.75) is 32.7 Å². The molecule has 1 aromatic heterocycles. The zero-order chi connectivity index (χ0) is 19.8. The summed E-state index contributed by atoms with van der Waals surface area (Å²) in [6.07, 6.45) is 0.447. The summed E-state index contributed by atoms with van der Waals surface area (Å²) in [4.78, 5) is 35.5. The van der Waals surface area contributed by atoms with Gasteiger partial charge in [0, 0.05) is 24.7 Å². The molecule has 2 rings (SSSR count). The Morgan fingerprint density at radius 1 is 1.04 bits per heavy atom. The molecule has 1 aromatic carbocycles. The highest BCUT2D eigenvalue weighted by atomic mass is 79.9. The molecule has 0 aliphatic rings. The molecule has 27 heavy (non-hydrogen) atoms. The molecule has 3 N–H and O–H groups in total. The van der Waals surface area contributed by atoms with Crippen LogP contribution in [0.25, 0.3) is 0 Å². The third-order valence-corrected chi connectivity index (χ3v) is 3.92. The van der Waals surface area contributed by atoms with Gasteiger partial charge in [-0.25, -0.2) is 0 Å². The van der Waals surface area contributed by atoms with Crippen LogP contribution in [0, 0.1) is 0 Å². The van der Waals surface area contributed by atoms with Crippen molar-refractivity contribution in [2.24, 2.45) is 0 Å². The van der Waals surface area contributed by atoms with Crippen LogP contribution in [0.15, 0.2) is 45.5 Å². The number of carbonyl (C=O) groups is 3. The van der Waals surface area contributed by atoms with Crippen LogP contribution >= 0.6 is 15.9 Å². The van der Waals surface area contributed by atoms with Crippen LogP contribution in [-0.4, -0.2) is 30.3 Å². The van der Waals surface area contributed by atoms with E-state index < -0.39 is 0 Å². The van der Waals surface area contributed by atoms with Crippen molar-refractivity contribution >= 4 is 39.3 Å². The number of nitrogens with one attached hydrogen (secondary N) is 3. The lowest BCUT2D eigenvalue weighted by Crippen LogP contribution is -2.34. The molecule has 0 bridgehead atoms. The minimum atomic E-state index is -0.356. The SMILES string of the molecule is CC(C)NC(=O)CCNC(=O)Cc1ccc(NC(=O)c2ccc(Br)o2)cc1. The first-order valence-corrected chi connectivity index (χ1v) is 9.34. The summed E-state index contributed by atoms with van der Waals surface area (Å²) in [6, 6.07) is 10.3. The topological polar surface area (TPSA) is 100 Å². The van der Waals surface area contributed by atoms with Gasteiger partial charge in [-0.1, -0.05) is 12.1 Å². The molecule has 0 fully saturated rings. The zero-order valence-electron chi connectivity index (χ0n) is 15.2. The maximum absolute atomic E-state index is 12.0. The molecule has 0 saturated carbocycles. The Kier molecular flexibility index (Phi) is 7.60. The molecule has 0 aliphatic carbocycles. The average molecular weight is 436 g/mol. The summed E-state index contributed by atoms with van der Waals surface area (Å²) >= 11 is 3.15. The largest absolute Gasteiger partial charge is 0.444 e. The fourth-order valence-electron chi connectivity index (χ4n) is 2.29. The molecule has 3 amide bonds. The van der Waals surface area contributed by atoms with E-state index in [0.29, 0.717) is 16.9 Å². The van der Waals surface area contributed by atoms with Crippen LogP contribution in [0.4, 0.5) is 5.69 Å². The maximum Gasteiger partial charge on any atom is 0.291 e. The van der Waals surface area contributed by atoms with Crippen molar-refractivity contribution in [3.8, 4) is 0 Å². The number of benzene rings is 1. The molecule has 7 nitrogen and oxygen atoms in total. The van der Waals surface area contributed by atoms with Crippen molar-refractivity contribution in [1.82, 2.24) is 10.6 Å². The van der Waals surface area contributed by atoms with E-state index in [2.05, 4.69) is 31.9 Å². The van der Waals surface area contributed by atoms with Crippen LogP contribution < -0.4 is 16.0 Å². The van der Waals surface area contributed by atoms with Crippen LogP contribution in [0.5, 0.6) is 0 Å². The third kappa shape index (κ3) is 7.26. The predicted octanol–water partition coefficient (Wildman–Crippen LogP) is 2.87. The number of anilines is 1. The van der Waals surface area contributed by atoms with Crippen LogP contribution in [0.1, 0.15) is 36.4 Å². The lowest BCUT2D eigenvalue weighted by atomic mass is 10.1. The van der Waals surface area contributed by atoms with E-state index in [1.54, 1.807) is 36.4 Å². The molecule has 1 heterocycles. The maximum atomic E-state index is 12.0. The van der Waals surface area contributed by atoms with Crippen molar-refractivity contribution in [3.05, 3.63) is 52.4 Å². The number of carbonyl (C=O) groups excluding carboxylic acids is 3. The summed E-state index contributed by atoms with van der Waals surface area (Å²) in [5.74, 6) is -0.406. The molecule has 144 valence electrons. The molecule has 8 heteroatoms. The quantitative estimate of drug-likeness (QED) is 0.593. The zero-order valence-corrected chi connectivity index (χ0v) is 16.8. The number of furan rings is 1. The van der Waals surface area contributed by atoms with Gasteiger partial charge in [-0.3, -0.25) is 14.4 Å². The average Bonchev–Trinajstić information content (AvgIpc) is 3.02. The monoisotopic (exact) mass is 435 g/mol. The van der Waals surface area contributed by atoms with Crippen LogP contribution in [-0.2, 0) is 16.0 Å². The minimum absolute atomic E-state index is 0.0847. The number of hydrogen-bond acceptors (Lipinski definition) is 4. The molecular formula is C19H22BrN3O4. The summed E-state index contributed by atoms with van der Waals surface area (Å²) < 4.78 is 5.67. The Morgan fingerprint density at radius 2 is 1.74 bits per heavy atom. The second-order valence-corrected chi connectivity index (χ2v) is 7.04. The van der Waals surface area contributed by atoms with Crippen molar-refractivity contribution in [1.29, 1.82) is 0 Å². The molecule has 0 saturated heterocycles. The first-order valence-electron chi connectivity index (χ1n) is 8.55. The van der Waals surface area contributed by atoms with Gasteiger partial charge in [0.2, 0.25) is 11.8 Å². The molecule has 0 radical (unpaired) electrons. The van der Waals surface area contributed by atoms with Gasteiger partial charge in [-0.05, 0) is 59.6 Å². The van der Waals surface area contributed by atoms with Crippen LogP contribution in [0.3, 0.4) is 0 Å². The van der Waals surface area contributed by atoms with Crippen molar-refractivity contribution < 1.29 is 18.8 Å². The molecule has 0 atom stereocenters. The Labute approximate surface area is 166 Å². The van der Waals surface area contributed by atoms with E-state index in [9.17, 15) is 14.4 Å². The first kappa shape index (κ1) is 20.7. The highest BCUT2D eigenvalue weighted by Crippen LogP contribution is 2.16. The van der Waals surface area contributed by atoms with Crippen molar-refractivity contribution in [2.75, 3.05) is 11.9 Å². The number of hydrogen-bond donors (Lipinski definition) is 3. The first-order chi connectivity index (χ1) is 12.8. The molecular weight excluding hydrogens is 414 g/mol. The van der Waals surface area contributed by atoms with Gasteiger partial charge in [0.1, 0.15) is 0 Å². The Balaban J connectivity index is 1.77. The molecule has 0 spiro atoms. The van der Waals surface area contributed by atoms with E-state index >= 15 is 0 Å². The summed E-state index contributed by atoms with van der Waals surface area (Å²) in [5.41, 5.74) is 1.40. The predicted molar refractivity (Wildman–Crippen MR) is 105 cm³/mol. The van der Waals surface area contributed by atoms with E-state index in [0.717, 1.165) is 5.56 Å². The van der Waals surface area contributed by atoms with Gasteiger partial charge < -0.3 is 20.4 Å². The Bertz CT molecular complexity index is 800. The van der Waals surface area contributed by atoms with Crippen LogP contribution in [0.2, 0.25) is 0 Å². The molecule has 0 aliphatic heterocycles. The van der Waals surface area contributed by atoms with Gasteiger partial charge in [-0.2, -0.15) is 0 Å². The Morgan fingerprint density at radius 3 is 2.33 bits per heavy atom. The highest BCUT2D eigenvalue weighted by molar-refractivity contribution is 9.10. The van der Waals surface area contributed by atoms with Crippen molar-refractivity contribution in [3.63, 3.8) is 0 Å². The van der Waals surface area contributed by atoms with E-state index in [4.69, 9.17) is 4.42 Å². The van der Waals surface area contributed by atoms with Gasteiger partial charge in [0.15, 0.2) is 10.4 Å². The number of rotatable bonds is 8. The lowest BCUT2D eigenvalue weighted by Gasteiger charge is -2.09. The van der Waals surface area contributed by atoms with E-state index in [1.165, 1.54) is 0 Å². The van der Waals surface area contributed by atoms with Gasteiger partial charge in [0.05, 0.1) is 6.42 Å². The van der Waals surface area contributed by atoms with Gasteiger partial charge in [0.25, 0.3) is 5.91 Å². The van der Waals surface area contributed by atoms with E-state index in [1.807, 2.05) is 13.8 Å². The number of halogens is 1. The standard InChI is InChI=1S/C19H22BrN3O4/c1-12(2)22-17(24)9-10-21-18(25)11-13-3-5-14(6-4-13)23-19(26)15-7-8-16(20)27-15/h3-8,12H,9-11H2,1-2H3,(H,21,25)(H,22,24)(H,23,26). The summed E-state index contributed by atoms with van der Waals surface area (Å²) in [5, 5.41) is 8.20. The second-order valence-electron chi connectivity index (χ2n) is 6.25. The molecule has 2 aromatic rings. The number of amides is 3. The van der Waals surface area contributed by atoms with Gasteiger partial charge >= 0.3 is 0 Å². The fourth-order valence-corrected chi connectivity index (χ4v) is 2.60. The smallest absolute Gasteiger partial charge is 0.291 e. The fraction of sp³-hybridized carbons (Fsp3) is 0.316. The normalized spacial score (nSPS) is 10.5. The Hall–Kier alpha value is -2.61. The summed E-state index contributed by atoms with van der Waals surface area (Å²) in [6.45, 7) is 4.07. The second kappa shape index (κ2) is 9.91. The summed E-state index contributed by atoms with van der Waals surface area (Å²) in [7, 11) is 0. The lowest BCUT2D eigenvalue weighted by molar-refractivity contribution is -0.122. The third-order valence-electron chi connectivity index (χ3n) is 3.50. The highest BCUT2D eigenvalue weighted by Gasteiger charge is 2.11. The molecule has 0 unspecified atom stereocenters. The minimum Gasteiger partial charge on any atom is -0.444 e. The van der Waals surface area contributed by atoms with Gasteiger partial charge in [-0.15, -0.1) is 0 Å². The van der Waals surface area contributed by atoms with E-state index in [-0.39, 0.29) is 42.4 Å².